The zero-order chi connectivity index (χ0) is 18.5. The molecule has 0 saturated heterocycles. The Hall–Kier alpha value is -3.28. The molecule has 0 unspecified atom stereocenters. The summed E-state index contributed by atoms with van der Waals surface area (Å²) < 4.78 is 16.1. The van der Waals surface area contributed by atoms with Gasteiger partial charge in [-0.15, -0.1) is 0 Å². The Morgan fingerprint density at radius 2 is 1.85 bits per heavy atom. The van der Waals surface area contributed by atoms with Gasteiger partial charge >= 0.3 is 0 Å². The van der Waals surface area contributed by atoms with E-state index in [0.29, 0.717) is 22.8 Å². The highest BCUT2D eigenvalue weighted by molar-refractivity contribution is 6.03. The number of anilines is 1. The van der Waals surface area contributed by atoms with Gasteiger partial charge < -0.3 is 19.3 Å². The first-order chi connectivity index (χ1) is 12.6. The van der Waals surface area contributed by atoms with Crippen molar-refractivity contribution in [2.45, 2.75) is 20.5 Å². The zero-order valence-corrected chi connectivity index (χ0v) is 14.9. The number of nitrogens with one attached hydrogen (secondary N) is 1. The van der Waals surface area contributed by atoms with Crippen LogP contribution < -0.4 is 14.8 Å². The van der Waals surface area contributed by atoms with Crippen molar-refractivity contribution in [3.63, 3.8) is 0 Å². The Kier molecular flexibility index (Phi) is 5.22. The zero-order valence-electron chi connectivity index (χ0n) is 14.9. The molecular weight excluding hydrogens is 332 g/mol. The summed E-state index contributed by atoms with van der Waals surface area (Å²) >= 11 is 0. The van der Waals surface area contributed by atoms with Crippen LogP contribution in [0.15, 0.2) is 53.1 Å². The highest BCUT2D eigenvalue weighted by Crippen LogP contribution is 2.22. The lowest BCUT2D eigenvalue weighted by atomic mass is 10.2. The molecule has 3 rings (SSSR count). The van der Waals surface area contributed by atoms with Crippen molar-refractivity contribution in [2.75, 3.05) is 12.4 Å². The minimum Gasteiger partial charge on any atom is -0.497 e. The molecule has 1 aromatic heterocycles. The van der Waals surface area contributed by atoms with Gasteiger partial charge in [0.05, 0.1) is 12.7 Å². The molecule has 6 heteroatoms. The quantitative estimate of drug-likeness (QED) is 0.722. The van der Waals surface area contributed by atoms with Crippen LogP contribution in [0.25, 0.3) is 0 Å². The maximum Gasteiger partial charge on any atom is 0.278 e. The number of methoxy groups -OCH3 is 1. The van der Waals surface area contributed by atoms with Gasteiger partial charge in [-0.2, -0.15) is 0 Å². The maximum atomic E-state index is 12.6. The average molecular weight is 352 g/mol. The molecule has 0 saturated carbocycles. The fourth-order valence-corrected chi connectivity index (χ4v) is 2.47. The SMILES string of the molecule is COc1ccc(NC(=O)c2noc(C)c2COc2ccccc2C)cc1. The lowest BCUT2D eigenvalue weighted by Gasteiger charge is -2.09. The van der Waals surface area contributed by atoms with E-state index in [0.717, 1.165) is 11.3 Å². The summed E-state index contributed by atoms with van der Waals surface area (Å²) in [6, 6.07) is 14.8. The van der Waals surface area contributed by atoms with Crippen LogP contribution in [0, 0.1) is 13.8 Å². The lowest BCUT2D eigenvalue weighted by molar-refractivity contribution is 0.101. The second-order valence-electron chi connectivity index (χ2n) is 5.80. The van der Waals surface area contributed by atoms with Crippen molar-refractivity contribution in [2.24, 2.45) is 0 Å². The van der Waals surface area contributed by atoms with E-state index in [-0.39, 0.29) is 18.2 Å². The fourth-order valence-electron chi connectivity index (χ4n) is 2.47. The number of hydrogen-bond donors (Lipinski definition) is 1. The van der Waals surface area contributed by atoms with Gasteiger partial charge in [-0.3, -0.25) is 4.79 Å². The topological polar surface area (TPSA) is 73.6 Å². The largest absolute Gasteiger partial charge is 0.497 e. The Morgan fingerprint density at radius 3 is 2.54 bits per heavy atom. The lowest BCUT2D eigenvalue weighted by Crippen LogP contribution is -2.15. The second-order valence-corrected chi connectivity index (χ2v) is 5.80. The van der Waals surface area contributed by atoms with Crippen LogP contribution in [0.2, 0.25) is 0 Å². The first-order valence-corrected chi connectivity index (χ1v) is 8.17. The van der Waals surface area contributed by atoms with Crippen LogP contribution in [-0.2, 0) is 6.61 Å². The number of aromatic nitrogens is 1. The number of ether oxygens (including phenoxy) is 2. The average Bonchev–Trinajstić information content (AvgIpc) is 3.02. The number of carbonyl (C=O) groups excluding carboxylic acids is 1. The molecule has 3 aromatic rings. The number of carbonyl (C=O) groups is 1. The summed E-state index contributed by atoms with van der Waals surface area (Å²) in [5.74, 6) is 1.68. The number of rotatable bonds is 6. The standard InChI is InChI=1S/C20H20N2O4/c1-13-6-4-5-7-18(13)25-12-17-14(2)26-22-19(17)20(23)21-15-8-10-16(24-3)11-9-15/h4-11H,12H2,1-3H3,(H,21,23). The molecule has 134 valence electrons. The van der Waals surface area contributed by atoms with Gasteiger partial charge in [-0.05, 0) is 49.7 Å². The molecule has 0 bridgehead atoms. The van der Waals surface area contributed by atoms with Gasteiger partial charge in [-0.25, -0.2) is 0 Å². The number of aryl methyl sites for hydroxylation is 2. The van der Waals surface area contributed by atoms with E-state index < -0.39 is 0 Å². The van der Waals surface area contributed by atoms with E-state index in [2.05, 4.69) is 10.5 Å². The van der Waals surface area contributed by atoms with Gasteiger partial charge in [0.15, 0.2) is 5.69 Å². The van der Waals surface area contributed by atoms with E-state index >= 15 is 0 Å². The summed E-state index contributed by atoms with van der Waals surface area (Å²) in [6.45, 7) is 3.92. The molecule has 0 aliphatic heterocycles. The molecule has 0 aliphatic rings. The molecular formula is C20H20N2O4. The van der Waals surface area contributed by atoms with Gasteiger partial charge in [0.25, 0.3) is 5.91 Å². The summed E-state index contributed by atoms with van der Waals surface area (Å²) in [5, 5.41) is 6.69. The van der Waals surface area contributed by atoms with Gasteiger partial charge in [-0.1, -0.05) is 23.4 Å². The number of nitrogens with zero attached hydrogens (tertiary/aromatic N) is 1. The third kappa shape index (κ3) is 3.85. The molecule has 0 radical (unpaired) electrons. The Labute approximate surface area is 151 Å². The minimum atomic E-state index is -0.351. The van der Waals surface area contributed by atoms with Gasteiger partial charge in [0, 0.05) is 5.69 Å². The molecule has 0 fully saturated rings. The molecule has 1 heterocycles. The number of para-hydroxylation sites is 1. The molecule has 1 amide bonds. The minimum absolute atomic E-state index is 0.200. The normalized spacial score (nSPS) is 10.4. The highest BCUT2D eigenvalue weighted by atomic mass is 16.5. The molecule has 2 aromatic carbocycles. The molecule has 1 N–H and O–H groups in total. The smallest absolute Gasteiger partial charge is 0.278 e. The maximum absolute atomic E-state index is 12.6. The van der Waals surface area contributed by atoms with Crippen LogP contribution in [0.3, 0.4) is 0 Å². The van der Waals surface area contributed by atoms with Crippen LogP contribution >= 0.6 is 0 Å². The predicted octanol–water partition coefficient (Wildman–Crippen LogP) is 4.13. The number of hydrogen-bond acceptors (Lipinski definition) is 5. The van der Waals surface area contributed by atoms with Crippen LogP contribution in [0.5, 0.6) is 11.5 Å². The first-order valence-electron chi connectivity index (χ1n) is 8.17. The summed E-state index contributed by atoms with van der Waals surface area (Å²) in [7, 11) is 1.59. The van der Waals surface area contributed by atoms with E-state index in [9.17, 15) is 4.79 Å². The number of amides is 1. The third-order valence-electron chi connectivity index (χ3n) is 4.01. The Bertz CT molecular complexity index is 900. The van der Waals surface area contributed by atoms with Gasteiger partial charge in [0.1, 0.15) is 23.9 Å². The van der Waals surface area contributed by atoms with Gasteiger partial charge in [0.2, 0.25) is 0 Å². The Balaban J connectivity index is 1.73. The van der Waals surface area contributed by atoms with Crippen LogP contribution in [-0.4, -0.2) is 18.2 Å². The van der Waals surface area contributed by atoms with Crippen molar-refractivity contribution < 1.29 is 18.8 Å². The molecule has 0 aliphatic carbocycles. The monoisotopic (exact) mass is 352 g/mol. The molecule has 26 heavy (non-hydrogen) atoms. The van der Waals surface area contributed by atoms with Crippen molar-refractivity contribution in [3.05, 3.63) is 71.1 Å². The van der Waals surface area contributed by atoms with E-state index in [1.165, 1.54) is 0 Å². The second kappa shape index (κ2) is 7.74. The van der Waals surface area contributed by atoms with Crippen molar-refractivity contribution in [1.82, 2.24) is 5.16 Å². The van der Waals surface area contributed by atoms with Crippen LogP contribution in [0.1, 0.15) is 27.4 Å². The fraction of sp³-hybridized carbons (Fsp3) is 0.200. The highest BCUT2D eigenvalue weighted by Gasteiger charge is 2.20. The molecule has 0 atom stereocenters. The molecule has 0 spiro atoms. The van der Waals surface area contributed by atoms with E-state index in [4.69, 9.17) is 14.0 Å². The predicted molar refractivity (Wildman–Crippen MR) is 97.7 cm³/mol. The third-order valence-corrected chi connectivity index (χ3v) is 4.01. The summed E-state index contributed by atoms with van der Waals surface area (Å²) in [4.78, 5) is 12.6. The van der Waals surface area contributed by atoms with E-state index in [1.807, 2.05) is 31.2 Å². The van der Waals surface area contributed by atoms with Crippen LogP contribution in [0.4, 0.5) is 5.69 Å². The van der Waals surface area contributed by atoms with Crippen molar-refractivity contribution in [1.29, 1.82) is 0 Å². The summed E-state index contributed by atoms with van der Waals surface area (Å²) in [5.41, 5.74) is 2.50. The van der Waals surface area contributed by atoms with E-state index in [1.54, 1.807) is 38.3 Å². The van der Waals surface area contributed by atoms with Crippen molar-refractivity contribution >= 4 is 11.6 Å². The summed E-state index contributed by atoms with van der Waals surface area (Å²) in [6.07, 6.45) is 0. The molecule has 6 nitrogen and oxygen atoms in total. The first kappa shape index (κ1) is 17.5. The van der Waals surface area contributed by atoms with Crippen molar-refractivity contribution in [3.8, 4) is 11.5 Å². The Morgan fingerprint density at radius 1 is 1.12 bits per heavy atom. The number of benzene rings is 2.